The molecule has 1 aliphatic rings. The van der Waals surface area contributed by atoms with Crippen LogP contribution in [0.2, 0.25) is 0 Å². The van der Waals surface area contributed by atoms with Crippen molar-refractivity contribution in [2.24, 2.45) is 5.92 Å². The Hall–Kier alpha value is -0.610. The summed E-state index contributed by atoms with van der Waals surface area (Å²) in [5.41, 5.74) is 0. The monoisotopic (exact) mass is 174 g/mol. The highest BCUT2D eigenvalue weighted by Crippen LogP contribution is 2.20. The van der Waals surface area contributed by atoms with E-state index in [1.165, 1.54) is 6.92 Å². The van der Waals surface area contributed by atoms with Gasteiger partial charge < -0.3 is 14.6 Å². The van der Waals surface area contributed by atoms with Crippen LogP contribution >= 0.6 is 0 Å². The molecule has 0 radical (unpaired) electrons. The molecule has 0 saturated carbocycles. The van der Waals surface area contributed by atoms with Crippen LogP contribution in [0.4, 0.5) is 0 Å². The maximum absolute atomic E-state index is 10.7. The third-order valence-electron chi connectivity index (χ3n) is 2.02. The number of rotatable bonds is 1. The SMILES string of the molecule is CC1CCOC(C)(C(=O)O)OC1. The van der Waals surface area contributed by atoms with Gasteiger partial charge in [-0.05, 0) is 12.3 Å². The minimum Gasteiger partial charge on any atom is -0.477 e. The molecule has 1 aliphatic heterocycles. The molecule has 1 heterocycles. The summed E-state index contributed by atoms with van der Waals surface area (Å²) in [7, 11) is 0. The van der Waals surface area contributed by atoms with Gasteiger partial charge >= 0.3 is 5.97 Å². The minimum atomic E-state index is -1.44. The van der Waals surface area contributed by atoms with Gasteiger partial charge in [0.1, 0.15) is 0 Å². The lowest BCUT2D eigenvalue weighted by Gasteiger charge is -2.22. The normalized spacial score (nSPS) is 37.3. The Balaban J connectivity index is 2.61. The number of hydrogen-bond donors (Lipinski definition) is 1. The molecule has 1 saturated heterocycles. The molecule has 1 rings (SSSR count). The van der Waals surface area contributed by atoms with E-state index in [4.69, 9.17) is 14.6 Å². The largest absolute Gasteiger partial charge is 0.477 e. The molecule has 1 N–H and O–H groups in total. The Morgan fingerprint density at radius 3 is 2.83 bits per heavy atom. The zero-order chi connectivity index (χ0) is 9.19. The molecule has 0 aromatic rings. The van der Waals surface area contributed by atoms with Crippen molar-refractivity contribution in [3.05, 3.63) is 0 Å². The van der Waals surface area contributed by atoms with Crippen LogP contribution in [0.15, 0.2) is 0 Å². The summed E-state index contributed by atoms with van der Waals surface area (Å²) in [6.07, 6.45) is 0.850. The van der Waals surface area contributed by atoms with E-state index in [0.29, 0.717) is 19.1 Å². The molecule has 1 fully saturated rings. The second-order valence-corrected chi connectivity index (χ2v) is 3.30. The summed E-state index contributed by atoms with van der Waals surface area (Å²) >= 11 is 0. The van der Waals surface area contributed by atoms with Crippen LogP contribution in [0.3, 0.4) is 0 Å². The highest BCUT2D eigenvalue weighted by molar-refractivity contribution is 5.75. The van der Waals surface area contributed by atoms with Crippen molar-refractivity contribution in [2.45, 2.75) is 26.1 Å². The van der Waals surface area contributed by atoms with Crippen LogP contribution in [-0.2, 0) is 14.3 Å². The predicted molar refractivity (Wildman–Crippen MR) is 41.7 cm³/mol. The van der Waals surface area contributed by atoms with E-state index >= 15 is 0 Å². The lowest BCUT2D eigenvalue weighted by Crippen LogP contribution is -2.40. The third-order valence-corrected chi connectivity index (χ3v) is 2.02. The van der Waals surface area contributed by atoms with Gasteiger partial charge in [-0.1, -0.05) is 6.92 Å². The summed E-state index contributed by atoms with van der Waals surface area (Å²) in [4.78, 5) is 10.7. The fourth-order valence-corrected chi connectivity index (χ4v) is 1.00. The first-order valence-corrected chi connectivity index (χ1v) is 4.06. The van der Waals surface area contributed by atoms with Crippen molar-refractivity contribution in [1.29, 1.82) is 0 Å². The fraction of sp³-hybridized carbons (Fsp3) is 0.875. The summed E-state index contributed by atoms with van der Waals surface area (Å²) in [5, 5.41) is 8.76. The molecule has 0 bridgehead atoms. The van der Waals surface area contributed by atoms with Crippen LogP contribution in [0, 0.1) is 5.92 Å². The fourth-order valence-electron chi connectivity index (χ4n) is 1.00. The van der Waals surface area contributed by atoms with Gasteiger partial charge in [-0.2, -0.15) is 0 Å². The second kappa shape index (κ2) is 3.41. The molecule has 2 unspecified atom stereocenters. The van der Waals surface area contributed by atoms with Crippen molar-refractivity contribution >= 4 is 5.97 Å². The lowest BCUT2D eigenvalue weighted by atomic mass is 10.1. The van der Waals surface area contributed by atoms with Gasteiger partial charge in [-0.3, -0.25) is 0 Å². The first-order chi connectivity index (χ1) is 5.54. The van der Waals surface area contributed by atoms with E-state index in [0.717, 1.165) is 6.42 Å². The van der Waals surface area contributed by atoms with Gasteiger partial charge in [0.15, 0.2) is 0 Å². The van der Waals surface area contributed by atoms with Crippen molar-refractivity contribution in [1.82, 2.24) is 0 Å². The van der Waals surface area contributed by atoms with Gasteiger partial charge in [0.05, 0.1) is 13.2 Å². The van der Waals surface area contributed by atoms with Crippen molar-refractivity contribution in [3.8, 4) is 0 Å². The molecule has 0 aromatic heterocycles. The first kappa shape index (κ1) is 9.48. The maximum Gasteiger partial charge on any atom is 0.364 e. The number of hydrogen-bond acceptors (Lipinski definition) is 3. The highest BCUT2D eigenvalue weighted by Gasteiger charge is 2.37. The first-order valence-electron chi connectivity index (χ1n) is 4.06. The van der Waals surface area contributed by atoms with E-state index in [-0.39, 0.29) is 0 Å². The Morgan fingerprint density at radius 1 is 1.58 bits per heavy atom. The standard InChI is InChI=1S/C8H14O4/c1-6-3-4-11-8(2,7(9)10)12-5-6/h6H,3-5H2,1-2H3,(H,9,10). The van der Waals surface area contributed by atoms with Gasteiger partial charge in [0.25, 0.3) is 5.79 Å². The van der Waals surface area contributed by atoms with E-state index < -0.39 is 11.8 Å². The minimum absolute atomic E-state index is 0.367. The van der Waals surface area contributed by atoms with Crippen molar-refractivity contribution < 1.29 is 19.4 Å². The number of carboxylic acid groups (broad SMARTS) is 1. The molecule has 4 heteroatoms. The Bertz CT molecular complexity index is 180. The quantitative estimate of drug-likeness (QED) is 0.640. The van der Waals surface area contributed by atoms with Crippen LogP contribution in [0.1, 0.15) is 20.3 Å². The molecule has 4 nitrogen and oxygen atoms in total. The van der Waals surface area contributed by atoms with Crippen LogP contribution in [-0.4, -0.2) is 30.1 Å². The number of aliphatic carboxylic acids is 1. The summed E-state index contributed by atoms with van der Waals surface area (Å²) in [6, 6.07) is 0. The molecule has 70 valence electrons. The molecule has 0 aliphatic carbocycles. The van der Waals surface area contributed by atoms with Gasteiger partial charge in [-0.25, -0.2) is 4.79 Å². The third kappa shape index (κ3) is 1.95. The van der Waals surface area contributed by atoms with Gasteiger partial charge in [-0.15, -0.1) is 0 Å². The maximum atomic E-state index is 10.7. The predicted octanol–water partition coefficient (Wildman–Crippen LogP) is 0.860. The van der Waals surface area contributed by atoms with Gasteiger partial charge in [0.2, 0.25) is 0 Å². The molecular weight excluding hydrogens is 160 g/mol. The zero-order valence-electron chi connectivity index (χ0n) is 7.37. The molecule has 0 spiro atoms. The topological polar surface area (TPSA) is 55.8 Å². The summed E-state index contributed by atoms with van der Waals surface area (Å²) in [5.74, 6) is -2.13. The molecular formula is C8H14O4. The van der Waals surface area contributed by atoms with Crippen molar-refractivity contribution in [3.63, 3.8) is 0 Å². The van der Waals surface area contributed by atoms with Crippen LogP contribution in [0.25, 0.3) is 0 Å². The second-order valence-electron chi connectivity index (χ2n) is 3.30. The van der Waals surface area contributed by atoms with E-state index in [9.17, 15) is 4.79 Å². The Kier molecular flexibility index (Phi) is 2.69. The number of carboxylic acids is 1. The molecule has 0 aromatic carbocycles. The van der Waals surface area contributed by atoms with E-state index in [1.54, 1.807) is 0 Å². The molecule has 2 atom stereocenters. The smallest absolute Gasteiger partial charge is 0.364 e. The molecule has 12 heavy (non-hydrogen) atoms. The lowest BCUT2D eigenvalue weighted by molar-refractivity contribution is -0.229. The molecule has 0 amide bonds. The van der Waals surface area contributed by atoms with Gasteiger partial charge in [0, 0.05) is 6.92 Å². The zero-order valence-corrected chi connectivity index (χ0v) is 7.37. The average molecular weight is 174 g/mol. The van der Waals surface area contributed by atoms with E-state index in [1.807, 2.05) is 6.92 Å². The van der Waals surface area contributed by atoms with Crippen LogP contribution in [0.5, 0.6) is 0 Å². The Morgan fingerprint density at radius 2 is 2.25 bits per heavy atom. The van der Waals surface area contributed by atoms with Crippen LogP contribution < -0.4 is 0 Å². The Labute approximate surface area is 71.5 Å². The summed E-state index contributed by atoms with van der Waals surface area (Å²) < 4.78 is 10.2. The number of ether oxygens (including phenoxy) is 2. The number of carbonyl (C=O) groups is 1. The average Bonchev–Trinajstić information content (AvgIpc) is 2.15. The summed E-state index contributed by atoms with van der Waals surface area (Å²) in [6.45, 7) is 4.34. The van der Waals surface area contributed by atoms with Crippen molar-refractivity contribution in [2.75, 3.05) is 13.2 Å². The van der Waals surface area contributed by atoms with E-state index in [2.05, 4.69) is 0 Å². The highest BCUT2D eigenvalue weighted by atomic mass is 16.7.